The highest BCUT2D eigenvalue weighted by Crippen LogP contribution is 2.37. The molecule has 0 saturated heterocycles. The third-order valence-corrected chi connectivity index (χ3v) is 3.71. The number of hydrogen-bond donors (Lipinski definition) is 4. The highest BCUT2D eigenvalue weighted by atomic mass is 16.4. The van der Waals surface area contributed by atoms with Gasteiger partial charge in [0.05, 0.1) is 11.1 Å². The van der Waals surface area contributed by atoms with Crippen LogP contribution >= 0.6 is 0 Å². The molecule has 8 nitrogen and oxygen atoms in total. The van der Waals surface area contributed by atoms with Gasteiger partial charge in [-0.25, -0.2) is 9.59 Å². The first-order chi connectivity index (χ1) is 11.2. The molecule has 0 radical (unpaired) electrons. The van der Waals surface area contributed by atoms with E-state index in [1.165, 1.54) is 24.3 Å². The number of aromatic carboxylic acids is 2. The molecule has 0 spiro atoms. The van der Waals surface area contributed by atoms with E-state index >= 15 is 0 Å². The normalized spacial score (nSPS) is 15.4. The van der Waals surface area contributed by atoms with Crippen molar-refractivity contribution in [2.24, 2.45) is 5.41 Å². The Bertz CT molecular complexity index is 769. The molecule has 1 aliphatic rings. The number of aliphatic carboxylic acids is 2. The fraction of sp³-hybridized carbons (Fsp3) is 0.125. The molecular weight excluding hydrogens is 320 g/mol. The largest absolute Gasteiger partial charge is 0.480 e. The maximum absolute atomic E-state index is 11.4. The van der Waals surface area contributed by atoms with E-state index in [2.05, 4.69) is 0 Å². The summed E-state index contributed by atoms with van der Waals surface area (Å²) < 4.78 is 0. The van der Waals surface area contributed by atoms with Gasteiger partial charge in [0.1, 0.15) is 0 Å². The van der Waals surface area contributed by atoms with Crippen LogP contribution in [0, 0.1) is 5.41 Å². The second-order valence-electron chi connectivity index (χ2n) is 5.22. The molecule has 0 atom stereocenters. The van der Waals surface area contributed by atoms with Crippen LogP contribution < -0.4 is 0 Å². The fourth-order valence-corrected chi connectivity index (χ4v) is 2.39. The molecule has 0 aliphatic heterocycles. The predicted octanol–water partition coefficient (Wildman–Crippen LogP) is 1.58. The Balaban J connectivity index is 2.56. The van der Waals surface area contributed by atoms with Crippen LogP contribution in [0.25, 0.3) is 5.57 Å². The predicted molar refractivity (Wildman–Crippen MR) is 79.8 cm³/mol. The SMILES string of the molecule is O=C(O)c1cc(C(=O)O)cc(C2=CC=CC(C(=O)O)(C(=O)O)C2)c1. The Kier molecular flexibility index (Phi) is 4.23. The van der Waals surface area contributed by atoms with Crippen LogP contribution in [0.2, 0.25) is 0 Å². The topological polar surface area (TPSA) is 149 Å². The minimum absolute atomic E-state index is 0.142. The molecular formula is C16H12O8. The van der Waals surface area contributed by atoms with E-state index in [1.807, 2.05) is 0 Å². The lowest BCUT2D eigenvalue weighted by Gasteiger charge is -2.25. The van der Waals surface area contributed by atoms with Crippen molar-refractivity contribution in [1.82, 2.24) is 0 Å². The van der Waals surface area contributed by atoms with Gasteiger partial charge in [-0.15, -0.1) is 0 Å². The van der Waals surface area contributed by atoms with Gasteiger partial charge in [0.25, 0.3) is 0 Å². The van der Waals surface area contributed by atoms with Crippen molar-refractivity contribution in [2.45, 2.75) is 6.42 Å². The number of benzene rings is 1. The van der Waals surface area contributed by atoms with Gasteiger partial charge in [-0.3, -0.25) is 9.59 Å². The lowest BCUT2D eigenvalue weighted by molar-refractivity contribution is -0.160. The average molecular weight is 332 g/mol. The van der Waals surface area contributed by atoms with Crippen molar-refractivity contribution >= 4 is 29.5 Å². The van der Waals surface area contributed by atoms with Crippen LogP contribution in [-0.4, -0.2) is 44.3 Å². The van der Waals surface area contributed by atoms with Gasteiger partial charge in [0, 0.05) is 6.42 Å². The van der Waals surface area contributed by atoms with E-state index < -0.39 is 35.7 Å². The lowest BCUT2D eigenvalue weighted by Crippen LogP contribution is -2.38. The summed E-state index contributed by atoms with van der Waals surface area (Å²) in [6.07, 6.45) is 3.27. The summed E-state index contributed by atoms with van der Waals surface area (Å²) in [5.41, 5.74) is -2.42. The summed E-state index contributed by atoms with van der Waals surface area (Å²) in [6.45, 7) is 0. The van der Waals surface area contributed by atoms with E-state index in [9.17, 15) is 29.4 Å². The van der Waals surface area contributed by atoms with Crippen LogP contribution in [-0.2, 0) is 9.59 Å². The molecule has 1 aromatic carbocycles. The molecule has 0 amide bonds. The number of allylic oxidation sites excluding steroid dienone is 3. The Hall–Kier alpha value is -3.42. The van der Waals surface area contributed by atoms with E-state index in [1.54, 1.807) is 0 Å². The van der Waals surface area contributed by atoms with Crippen molar-refractivity contribution in [3.05, 3.63) is 53.1 Å². The maximum atomic E-state index is 11.4. The molecule has 24 heavy (non-hydrogen) atoms. The number of hydrogen-bond acceptors (Lipinski definition) is 4. The van der Waals surface area contributed by atoms with Crippen molar-refractivity contribution in [3.8, 4) is 0 Å². The van der Waals surface area contributed by atoms with Crippen molar-refractivity contribution in [2.75, 3.05) is 0 Å². The van der Waals surface area contributed by atoms with Crippen molar-refractivity contribution in [1.29, 1.82) is 0 Å². The Labute approximate surface area is 135 Å². The first-order valence-electron chi connectivity index (χ1n) is 6.64. The minimum Gasteiger partial charge on any atom is -0.480 e. The standard InChI is InChI=1S/C16H12O8/c17-12(18)10-4-9(5-11(6-10)13(19)20)8-2-1-3-16(7-8,14(21)22)15(23)24/h1-6H,7H2,(H,17,18)(H,19,20)(H,21,22)(H,23,24). The van der Waals surface area contributed by atoms with Gasteiger partial charge in [0.2, 0.25) is 0 Å². The first kappa shape index (κ1) is 16.9. The first-order valence-corrected chi connectivity index (χ1v) is 6.64. The summed E-state index contributed by atoms with van der Waals surface area (Å²) >= 11 is 0. The zero-order valence-corrected chi connectivity index (χ0v) is 12.1. The highest BCUT2D eigenvalue weighted by Gasteiger charge is 2.46. The molecule has 0 aromatic heterocycles. The van der Waals surface area contributed by atoms with Crippen LogP contribution in [0.15, 0.2) is 36.4 Å². The van der Waals surface area contributed by atoms with Gasteiger partial charge < -0.3 is 20.4 Å². The molecule has 2 rings (SSSR count). The van der Waals surface area contributed by atoms with Gasteiger partial charge in [-0.1, -0.05) is 18.2 Å². The summed E-state index contributed by atoms with van der Waals surface area (Å²) in [5, 5.41) is 36.7. The second-order valence-corrected chi connectivity index (χ2v) is 5.22. The van der Waals surface area contributed by atoms with Crippen molar-refractivity contribution in [3.63, 3.8) is 0 Å². The number of rotatable bonds is 5. The van der Waals surface area contributed by atoms with Crippen LogP contribution in [0.5, 0.6) is 0 Å². The molecule has 0 saturated carbocycles. The average Bonchev–Trinajstić information content (AvgIpc) is 2.53. The molecule has 0 heterocycles. The zero-order chi connectivity index (χ0) is 18.1. The maximum Gasteiger partial charge on any atom is 0.335 e. The Morgan fingerprint density at radius 3 is 1.75 bits per heavy atom. The molecule has 0 unspecified atom stereocenters. The summed E-state index contributed by atoms with van der Waals surface area (Å²) in [6, 6.07) is 3.32. The zero-order valence-electron chi connectivity index (χ0n) is 12.1. The second kappa shape index (κ2) is 5.99. The summed E-state index contributed by atoms with van der Waals surface area (Å²) in [4.78, 5) is 45.1. The number of carbonyl (C=O) groups is 4. The molecule has 8 heteroatoms. The van der Waals surface area contributed by atoms with Gasteiger partial charge >= 0.3 is 23.9 Å². The van der Waals surface area contributed by atoms with Crippen LogP contribution in [0.3, 0.4) is 0 Å². The highest BCUT2D eigenvalue weighted by molar-refractivity contribution is 6.03. The molecule has 124 valence electrons. The molecule has 1 aromatic rings. The minimum atomic E-state index is -2.19. The summed E-state index contributed by atoms with van der Waals surface area (Å²) in [7, 11) is 0. The van der Waals surface area contributed by atoms with Crippen LogP contribution in [0.1, 0.15) is 32.7 Å². The third-order valence-electron chi connectivity index (χ3n) is 3.71. The lowest BCUT2D eigenvalue weighted by atomic mass is 9.76. The van der Waals surface area contributed by atoms with Gasteiger partial charge in [0.15, 0.2) is 5.41 Å². The van der Waals surface area contributed by atoms with E-state index in [0.29, 0.717) is 0 Å². The quantitative estimate of drug-likeness (QED) is 0.594. The molecule has 4 N–H and O–H groups in total. The molecule has 0 bridgehead atoms. The number of carboxylic acids is 4. The van der Waals surface area contributed by atoms with Gasteiger partial charge in [-0.05, 0) is 29.3 Å². The molecule has 0 fully saturated rings. The van der Waals surface area contributed by atoms with Crippen LogP contribution in [0.4, 0.5) is 0 Å². The monoisotopic (exact) mass is 332 g/mol. The Morgan fingerprint density at radius 1 is 0.833 bits per heavy atom. The number of carboxylic acid groups (broad SMARTS) is 4. The van der Waals surface area contributed by atoms with Crippen molar-refractivity contribution < 1.29 is 39.6 Å². The fourth-order valence-electron chi connectivity index (χ4n) is 2.39. The van der Waals surface area contributed by atoms with Gasteiger partial charge in [-0.2, -0.15) is 0 Å². The summed E-state index contributed by atoms with van der Waals surface area (Å²) in [5.74, 6) is -5.84. The van der Waals surface area contributed by atoms with E-state index in [4.69, 9.17) is 10.2 Å². The van der Waals surface area contributed by atoms with E-state index in [-0.39, 0.29) is 22.3 Å². The third kappa shape index (κ3) is 2.89. The van der Waals surface area contributed by atoms with E-state index in [0.717, 1.165) is 12.1 Å². The Morgan fingerprint density at radius 2 is 1.33 bits per heavy atom. The smallest absolute Gasteiger partial charge is 0.335 e. The molecule has 1 aliphatic carbocycles.